The van der Waals surface area contributed by atoms with Gasteiger partial charge in [0.2, 0.25) is 5.43 Å². The van der Waals surface area contributed by atoms with Crippen LogP contribution in [-0.4, -0.2) is 22.0 Å². The van der Waals surface area contributed by atoms with Crippen LogP contribution in [0, 0.1) is 0 Å². The van der Waals surface area contributed by atoms with E-state index in [2.05, 4.69) is 4.74 Å². The highest BCUT2D eigenvalue weighted by Crippen LogP contribution is 2.26. The Kier molecular flexibility index (Phi) is 3.87. The number of carbonyl (C=O) groups is 1. The van der Waals surface area contributed by atoms with Crippen LogP contribution in [0.5, 0.6) is 5.75 Å². The lowest BCUT2D eigenvalue weighted by Crippen LogP contribution is -2.21. The lowest BCUT2D eigenvalue weighted by molar-refractivity contribution is -0.274. The van der Waals surface area contributed by atoms with Gasteiger partial charge in [0.15, 0.2) is 0 Å². The van der Waals surface area contributed by atoms with Gasteiger partial charge in [0.05, 0.1) is 10.9 Å². The van der Waals surface area contributed by atoms with Crippen LogP contribution in [-0.2, 0) is 0 Å². The van der Waals surface area contributed by atoms with Gasteiger partial charge in [-0.2, -0.15) is 0 Å². The molecule has 0 saturated heterocycles. The van der Waals surface area contributed by atoms with Crippen LogP contribution in [0.3, 0.4) is 0 Å². The average molecular weight is 315 g/mol. The van der Waals surface area contributed by atoms with E-state index in [0.29, 0.717) is 5.52 Å². The van der Waals surface area contributed by atoms with Crippen LogP contribution in [0.15, 0.2) is 29.2 Å². The molecule has 22 heavy (non-hydrogen) atoms. The Morgan fingerprint density at radius 1 is 1.32 bits per heavy atom. The second-order valence-corrected chi connectivity index (χ2v) is 4.90. The number of rotatable bonds is 3. The Morgan fingerprint density at radius 2 is 1.95 bits per heavy atom. The number of fused-ring (bicyclic) bond motifs is 1. The summed E-state index contributed by atoms with van der Waals surface area (Å²) in [5.74, 6) is -2.02. The molecule has 1 heterocycles. The number of carboxylic acid groups (broad SMARTS) is 1. The number of aromatic nitrogens is 1. The van der Waals surface area contributed by atoms with Crippen molar-refractivity contribution in [1.29, 1.82) is 0 Å². The predicted molar refractivity (Wildman–Crippen MR) is 72.2 cm³/mol. The zero-order valence-corrected chi connectivity index (χ0v) is 11.6. The molecule has 0 saturated carbocycles. The maximum absolute atomic E-state index is 12.3. The van der Waals surface area contributed by atoms with Gasteiger partial charge in [0.25, 0.3) is 0 Å². The molecule has 5 nitrogen and oxygen atoms in total. The van der Waals surface area contributed by atoms with Gasteiger partial charge in [-0.1, -0.05) is 0 Å². The van der Waals surface area contributed by atoms with E-state index in [9.17, 15) is 22.8 Å². The number of aromatic carboxylic acids is 1. The molecule has 2 aromatic rings. The van der Waals surface area contributed by atoms with E-state index in [1.165, 1.54) is 16.8 Å². The minimum absolute atomic E-state index is 0.143. The second-order valence-electron chi connectivity index (χ2n) is 4.90. The van der Waals surface area contributed by atoms with Crippen molar-refractivity contribution < 1.29 is 27.8 Å². The maximum Gasteiger partial charge on any atom is 0.573 e. The summed E-state index contributed by atoms with van der Waals surface area (Å²) in [5.41, 5.74) is -1.03. The normalized spacial score (nSPS) is 11.9. The Hall–Kier alpha value is -2.51. The number of alkyl halides is 3. The third-order valence-electron chi connectivity index (χ3n) is 3.02. The summed E-state index contributed by atoms with van der Waals surface area (Å²) in [6.07, 6.45) is -3.71. The van der Waals surface area contributed by atoms with Gasteiger partial charge in [-0.3, -0.25) is 4.79 Å². The fourth-order valence-corrected chi connectivity index (χ4v) is 2.11. The third kappa shape index (κ3) is 3.05. The lowest BCUT2D eigenvalue weighted by atomic mass is 10.1. The third-order valence-corrected chi connectivity index (χ3v) is 3.02. The molecule has 0 unspecified atom stereocenters. The van der Waals surface area contributed by atoms with Crippen molar-refractivity contribution in [2.45, 2.75) is 26.3 Å². The van der Waals surface area contributed by atoms with E-state index >= 15 is 0 Å². The molecule has 1 aromatic heterocycles. The van der Waals surface area contributed by atoms with Crippen molar-refractivity contribution in [2.24, 2.45) is 0 Å². The van der Waals surface area contributed by atoms with Crippen LogP contribution < -0.4 is 10.2 Å². The summed E-state index contributed by atoms with van der Waals surface area (Å²) in [5, 5.41) is 8.92. The highest BCUT2D eigenvalue weighted by molar-refractivity contribution is 5.93. The van der Waals surface area contributed by atoms with Crippen molar-refractivity contribution in [3.63, 3.8) is 0 Å². The Bertz CT molecular complexity index is 793. The molecule has 0 aliphatic carbocycles. The predicted octanol–water partition coefficient (Wildman–Crippen LogP) is 3.18. The van der Waals surface area contributed by atoms with Crippen LogP contribution in [0.4, 0.5) is 13.2 Å². The molecule has 1 N–H and O–H groups in total. The lowest BCUT2D eigenvalue weighted by Gasteiger charge is -2.16. The molecule has 0 aliphatic heterocycles. The first-order valence-electron chi connectivity index (χ1n) is 6.28. The van der Waals surface area contributed by atoms with Gasteiger partial charge >= 0.3 is 12.3 Å². The van der Waals surface area contributed by atoms with Crippen LogP contribution in [0.2, 0.25) is 0 Å². The van der Waals surface area contributed by atoms with Crippen molar-refractivity contribution in [1.82, 2.24) is 4.57 Å². The molecule has 0 aliphatic rings. The summed E-state index contributed by atoms with van der Waals surface area (Å²) in [4.78, 5) is 23.3. The highest BCUT2D eigenvalue weighted by atomic mass is 19.4. The van der Waals surface area contributed by atoms with E-state index in [4.69, 9.17) is 5.11 Å². The molecule has 8 heteroatoms. The molecule has 118 valence electrons. The molecule has 0 spiro atoms. The Balaban J connectivity index is 2.77. The smallest absolute Gasteiger partial charge is 0.477 e. The number of carboxylic acids is 1. The summed E-state index contributed by atoms with van der Waals surface area (Å²) in [7, 11) is 0. The number of hydrogen-bond acceptors (Lipinski definition) is 3. The van der Waals surface area contributed by atoms with Crippen molar-refractivity contribution in [3.05, 3.63) is 40.2 Å². The minimum Gasteiger partial charge on any atom is -0.477 e. The zero-order chi connectivity index (χ0) is 16.7. The molecule has 0 radical (unpaired) electrons. The average Bonchev–Trinajstić information content (AvgIpc) is 2.37. The Morgan fingerprint density at radius 3 is 2.45 bits per heavy atom. The van der Waals surface area contributed by atoms with Crippen LogP contribution >= 0.6 is 0 Å². The number of pyridine rings is 1. The van der Waals surface area contributed by atoms with E-state index in [-0.39, 0.29) is 11.4 Å². The number of halogens is 3. The van der Waals surface area contributed by atoms with Gasteiger partial charge in [0.1, 0.15) is 11.3 Å². The minimum atomic E-state index is -4.89. The molecule has 2 rings (SSSR count). The molecule has 0 fully saturated rings. The molecule has 0 amide bonds. The van der Waals surface area contributed by atoms with E-state index in [1.807, 2.05) is 0 Å². The summed E-state index contributed by atoms with van der Waals surface area (Å²) >= 11 is 0. The van der Waals surface area contributed by atoms with Gasteiger partial charge in [-0.15, -0.1) is 13.2 Å². The van der Waals surface area contributed by atoms with Crippen LogP contribution in [0.25, 0.3) is 10.9 Å². The zero-order valence-electron chi connectivity index (χ0n) is 11.6. The summed E-state index contributed by atoms with van der Waals surface area (Å²) < 4.78 is 42.1. The molecule has 0 atom stereocenters. The highest BCUT2D eigenvalue weighted by Gasteiger charge is 2.31. The first-order chi connectivity index (χ1) is 10.1. The van der Waals surface area contributed by atoms with E-state index < -0.39 is 29.1 Å². The van der Waals surface area contributed by atoms with Gasteiger partial charge in [0, 0.05) is 12.2 Å². The van der Waals surface area contributed by atoms with Gasteiger partial charge in [-0.05, 0) is 32.0 Å². The van der Waals surface area contributed by atoms with Crippen LogP contribution in [0.1, 0.15) is 30.2 Å². The first-order valence-corrected chi connectivity index (χ1v) is 6.28. The molecule has 0 bridgehead atoms. The fourth-order valence-electron chi connectivity index (χ4n) is 2.11. The number of ether oxygens (including phenoxy) is 1. The molecular formula is C14H12F3NO4. The van der Waals surface area contributed by atoms with Crippen molar-refractivity contribution >= 4 is 16.9 Å². The topological polar surface area (TPSA) is 68.5 Å². The second kappa shape index (κ2) is 5.36. The summed E-state index contributed by atoms with van der Waals surface area (Å²) in [6.45, 7) is 3.52. The maximum atomic E-state index is 12.3. The number of hydrogen-bond donors (Lipinski definition) is 1. The SMILES string of the molecule is CC(C)n1cc(C(=O)O)c(=O)c2cc(OC(F)(F)F)ccc21. The standard InChI is InChI=1S/C14H12F3NO4/c1-7(2)18-6-10(13(20)21)12(19)9-5-8(3-4-11(9)18)22-14(15,16)17/h3-7H,1-2H3,(H,20,21). The monoisotopic (exact) mass is 315 g/mol. The van der Waals surface area contributed by atoms with Crippen molar-refractivity contribution in [2.75, 3.05) is 0 Å². The van der Waals surface area contributed by atoms with E-state index in [1.54, 1.807) is 13.8 Å². The largest absolute Gasteiger partial charge is 0.573 e. The van der Waals surface area contributed by atoms with Crippen molar-refractivity contribution in [3.8, 4) is 5.75 Å². The van der Waals surface area contributed by atoms with Gasteiger partial charge < -0.3 is 14.4 Å². The summed E-state index contributed by atoms with van der Waals surface area (Å²) in [6, 6.07) is 3.09. The number of benzene rings is 1. The fraction of sp³-hybridized carbons (Fsp3) is 0.286. The molecule has 1 aromatic carbocycles. The Labute approximate surface area is 122 Å². The van der Waals surface area contributed by atoms with E-state index in [0.717, 1.165) is 12.1 Å². The number of nitrogens with zero attached hydrogens (tertiary/aromatic N) is 1. The van der Waals surface area contributed by atoms with Gasteiger partial charge in [-0.25, -0.2) is 4.79 Å². The quantitative estimate of drug-likeness (QED) is 0.944. The first kappa shape index (κ1) is 15.9. The molecular weight excluding hydrogens is 303 g/mol.